The smallest absolute Gasteiger partial charge is 0.0689 e. The molecule has 3 rings (SSSR count). The van der Waals surface area contributed by atoms with Gasteiger partial charge in [0.25, 0.3) is 0 Å². The lowest BCUT2D eigenvalue weighted by atomic mass is 9.41. The summed E-state index contributed by atoms with van der Waals surface area (Å²) in [6.45, 7) is 13.1. The molecular formula is C20H34O2. The topological polar surface area (TPSA) is 40.5 Å². The number of aliphatic hydroxyl groups is 2. The van der Waals surface area contributed by atoms with Gasteiger partial charge in [0.05, 0.1) is 11.7 Å². The standard InChI is InChI=1S/C20H34O2/c1-6-18(4)10-7-15-19(5)11-9-16(21)17(2,3)14(19)8-12-20(15,22)13-18/h6,14-16,21-22H,1,7-13H2,2-5H3/t14-,15+,16-,18-,19-,20+/m0/s1. The molecular weight excluding hydrogens is 272 g/mol. The molecule has 0 unspecified atom stereocenters. The first-order chi connectivity index (χ1) is 10.1. The molecule has 126 valence electrons. The molecule has 0 aromatic rings. The predicted octanol–water partition coefficient (Wildman–Crippen LogP) is 4.31. The Morgan fingerprint density at radius 3 is 2.23 bits per heavy atom. The fraction of sp³-hybridized carbons (Fsp3) is 0.900. The third kappa shape index (κ3) is 2.13. The second kappa shape index (κ2) is 4.83. The second-order valence-corrected chi connectivity index (χ2v) is 9.70. The average Bonchev–Trinajstić information content (AvgIpc) is 2.42. The van der Waals surface area contributed by atoms with Crippen LogP contribution in [-0.4, -0.2) is 21.9 Å². The summed E-state index contributed by atoms with van der Waals surface area (Å²) in [4.78, 5) is 0. The SMILES string of the molecule is C=C[C@@]1(C)CC[C@H]2[C@@](O)(CC[C@H]3C(C)(C)[C@@H](O)CC[C@@]32C)C1. The van der Waals surface area contributed by atoms with Crippen molar-refractivity contribution in [1.29, 1.82) is 0 Å². The van der Waals surface area contributed by atoms with Crippen LogP contribution in [0.1, 0.15) is 72.6 Å². The number of aliphatic hydroxyl groups excluding tert-OH is 1. The molecule has 6 atom stereocenters. The van der Waals surface area contributed by atoms with Gasteiger partial charge in [0, 0.05) is 0 Å². The molecule has 0 bridgehead atoms. The van der Waals surface area contributed by atoms with Crippen molar-refractivity contribution in [3.8, 4) is 0 Å². The molecule has 0 spiro atoms. The predicted molar refractivity (Wildman–Crippen MR) is 90.4 cm³/mol. The normalized spacial score (nSPS) is 54.2. The van der Waals surface area contributed by atoms with Gasteiger partial charge in [0.15, 0.2) is 0 Å². The van der Waals surface area contributed by atoms with Crippen LogP contribution in [0.2, 0.25) is 0 Å². The Morgan fingerprint density at radius 1 is 0.955 bits per heavy atom. The van der Waals surface area contributed by atoms with Crippen LogP contribution in [0.5, 0.6) is 0 Å². The Labute approximate surface area is 136 Å². The maximum absolute atomic E-state index is 11.5. The molecule has 0 aliphatic heterocycles. The molecule has 3 fully saturated rings. The van der Waals surface area contributed by atoms with Gasteiger partial charge in [0.2, 0.25) is 0 Å². The molecule has 2 N–H and O–H groups in total. The van der Waals surface area contributed by atoms with E-state index in [9.17, 15) is 10.2 Å². The summed E-state index contributed by atoms with van der Waals surface area (Å²) in [7, 11) is 0. The Morgan fingerprint density at radius 2 is 1.59 bits per heavy atom. The maximum Gasteiger partial charge on any atom is 0.0689 e. The first-order valence-corrected chi connectivity index (χ1v) is 9.11. The van der Waals surface area contributed by atoms with Crippen molar-refractivity contribution in [3.05, 3.63) is 12.7 Å². The van der Waals surface area contributed by atoms with Gasteiger partial charge in [-0.2, -0.15) is 0 Å². The van der Waals surface area contributed by atoms with E-state index in [0.717, 1.165) is 44.9 Å². The summed E-state index contributed by atoms with van der Waals surface area (Å²) < 4.78 is 0. The zero-order valence-corrected chi connectivity index (χ0v) is 14.9. The van der Waals surface area contributed by atoms with Crippen molar-refractivity contribution in [2.45, 2.75) is 84.3 Å². The first-order valence-electron chi connectivity index (χ1n) is 9.11. The van der Waals surface area contributed by atoms with E-state index < -0.39 is 5.60 Å². The van der Waals surface area contributed by atoms with Crippen molar-refractivity contribution in [1.82, 2.24) is 0 Å². The lowest BCUT2D eigenvalue weighted by Gasteiger charge is -2.65. The molecule has 0 saturated heterocycles. The zero-order valence-electron chi connectivity index (χ0n) is 14.9. The molecule has 2 nitrogen and oxygen atoms in total. The number of allylic oxidation sites excluding steroid dienone is 1. The Hall–Kier alpha value is -0.340. The Balaban J connectivity index is 1.95. The molecule has 3 saturated carbocycles. The van der Waals surface area contributed by atoms with E-state index in [4.69, 9.17) is 0 Å². The molecule has 0 heterocycles. The average molecular weight is 306 g/mol. The zero-order chi connectivity index (χ0) is 16.4. The van der Waals surface area contributed by atoms with E-state index in [1.165, 1.54) is 0 Å². The maximum atomic E-state index is 11.5. The van der Waals surface area contributed by atoms with E-state index in [0.29, 0.717) is 11.8 Å². The Bertz CT molecular complexity index is 470. The highest BCUT2D eigenvalue weighted by Crippen LogP contribution is 2.66. The summed E-state index contributed by atoms with van der Waals surface area (Å²) in [6.07, 6.45) is 8.82. The van der Waals surface area contributed by atoms with Crippen LogP contribution in [-0.2, 0) is 0 Å². The lowest BCUT2D eigenvalue weighted by molar-refractivity contribution is -0.221. The van der Waals surface area contributed by atoms with Crippen LogP contribution in [0.4, 0.5) is 0 Å². The molecule has 3 aliphatic carbocycles. The van der Waals surface area contributed by atoms with Gasteiger partial charge in [-0.25, -0.2) is 0 Å². The summed E-state index contributed by atoms with van der Waals surface area (Å²) in [5, 5.41) is 22.0. The minimum atomic E-state index is -0.537. The summed E-state index contributed by atoms with van der Waals surface area (Å²) in [5.41, 5.74) is -0.325. The third-order valence-corrected chi connectivity index (χ3v) is 8.03. The van der Waals surface area contributed by atoms with Crippen molar-refractivity contribution in [2.24, 2.45) is 28.1 Å². The highest BCUT2D eigenvalue weighted by Gasteiger charge is 2.63. The van der Waals surface area contributed by atoms with E-state index in [1.54, 1.807) is 0 Å². The van der Waals surface area contributed by atoms with E-state index in [-0.39, 0.29) is 22.3 Å². The number of rotatable bonds is 1. The van der Waals surface area contributed by atoms with Gasteiger partial charge in [-0.05, 0) is 73.0 Å². The summed E-state index contributed by atoms with van der Waals surface area (Å²) in [5.74, 6) is 0.890. The van der Waals surface area contributed by atoms with Gasteiger partial charge in [-0.15, -0.1) is 6.58 Å². The molecule has 2 heteroatoms. The highest BCUT2D eigenvalue weighted by atomic mass is 16.3. The van der Waals surface area contributed by atoms with Crippen LogP contribution in [0.25, 0.3) is 0 Å². The van der Waals surface area contributed by atoms with Crippen LogP contribution in [0.3, 0.4) is 0 Å². The minimum absolute atomic E-state index is 0.0342. The van der Waals surface area contributed by atoms with Crippen molar-refractivity contribution in [3.63, 3.8) is 0 Å². The van der Waals surface area contributed by atoms with Crippen LogP contribution in [0, 0.1) is 28.1 Å². The summed E-state index contributed by atoms with van der Waals surface area (Å²) >= 11 is 0. The van der Waals surface area contributed by atoms with E-state index in [2.05, 4.69) is 40.3 Å². The first kappa shape index (κ1) is 16.5. The van der Waals surface area contributed by atoms with E-state index in [1.807, 2.05) is 0 Å². The molecule has 0 aromatic heterocycles. The van der Waals surface area contributed by atoms with Crippen LogP contribution in [0.15, 0.2) is 12.7 Å². The Kier molecular flexibility index (Phi) is 3.63. The van der Waals surface area contributed by atoms with Gasteiger partial charge in [-0.1, -0.05) is 33.8 Å². The monoisotopic (exact) mass is 306 g/mol. The number of hydrogen-bond donors (Lipinski definition) is 2. The number of fused-ring (bicyclic) bond motifs is 3. The highest BCUT2D eigenvalue weighted by molar-refractivity contribution is 5.14. The minimum Gasteiger partial charge on any atom is -0.393 e. The lowest BCUT2D eigenvalue weighted by Crippen LogP contribution is -2.63. The fourth-order valence-electron chi connectivity index (χ4n) is 6.62. The molecule has 0 aromatic carbocycles. The molecule has 0 radical (unpaired) electrons. The third-order valence-electron chi connectivity index (χ3n) is 8.03. The van der Waals surface area contributed by atoms with Crippen LogP contribution >= 0.6 is 0 Å². The molecule has 0 amide bonds. The molecule has 3 aliphatic rings. The van der Waals surface area contributed by atoms with Crippen molar-refractivity contribution >= 4 is 0 Å². The second-order valence-electron chi connectivity index (χ2n) is 9.70. The van der Waals surface area contributed by atoms with Gasteiger partial charge in [0.1, 0.15) is 0 Å². The molecule has 22 heavy (non-hydrogen) atoms. The number of hydrogen-bond acceptors (Lipinski definition) is 2. The largest absolute Gasteiger partial charge is 0.393 e. The van der Waals surface area contributed by atoms with Crippen molar-refractivity contribution < 1.29 is 10.2 Å². The summed E-state index contributed by atoms with van der Waals surface area (Å²) in [6, 6.07) is 0. The fourth-order valence-corrected chi connectivity index (χ4v) is 6.62. The van der Waals surface area contributed by atoms with Crippen molar-refractivity contribution in [2.75, 3.05) is 0 Å². The van der Waals surface area contributed by atoms with Gasteiger partial charge < -0.3 is 10.2 Å². The van der Waals surface area contributed by atoms with Gasteiger partial charge >= 0.3 is 0 Å². The van der Waals surface area contributed by atoms with E-state index >= 15 is 0 Å². The quantitative estimate of drug-likeness (QED) is 0.709. The van der Waals surface area contributed by atoms with Gasteiger partial charge in [-0.3, -0.25) is 0 Å². The van der Waals surface area contributed by atoms with Crippen LogP contribution < -0.4 is 0 Å².